The van der Waals surface area contributed by atoms with Gasteiger partial charge in [-0.15, -0.1) is 0 Å². The number of carbonyl (C=O) groups is 2. The highest BCUT2D eigenvalue weighted by Gasteiger charge is 2.15. The number of benzene rings is 1. The Morgan fingerprint density at radius 2 is 2.39 bits per heavy atom. The molecule has 0 unspecified atom stereocenters. The molecular weight excluding hydrogens is 234 g/mol. The summed E-state index contributed by atoms with van der Waals surface area (Å²) >= 11 is 0. The molecule has 0 aromatic heterocycles. The van der Waals surface area contributed by atoms with E-state index in [4.69, 9.17) is 4.74 Å². The van der Waals surface area contributed by atoms with Crippen LogP contribution >= 0.6 is 0 Å². The lowest BCUT2D eigenvalue weighted by Crippen LogP contribution is -2.25. The maximum Gasteiger partial charge on any atom is 0.317 e. The van der Waals surface area contributed by atoms with Crippen LogP contribution in [0, 0.1) is 11.8 Å². The van der Waals surface area contributed by atoms with Crippen molar-refractivity contribution in [3.05, 3.63) is 23.8 Å². The Morgan fingerprint density at radius 3 is 3.17 bits per heavy atom. The van der Waals surface area contributed by atoms with Gasteiger partial charge in [0.2, 0.25) is 0 Å². The number of ether oxygens (including phenoxy) is 2. The van der Waals surface area contributed by atoms with Gasteiger partial charge in [-0.3, -0.25) is 9.59 Å². The van der Waals surface area contributed by atoms with Crippen molar-refractivity contribution in [2.45, 2.75) is 6.42 Å². The van der Waals surface area contributed by atoms with Crippen molar-refractivity contribution in [3.63, 3.8) is 0 Å². The second-order valence-electron chi connectivity index (χ2n) is 3.60. The average Bonchev–Trinajstić information content (AvgIpc) is 2.38. The van der Waals surface area contributed by atoms with Crippen LogP contribution in [-0.4, -0.2) is 25.6 Å². The Hall–Kier alpha value is -2.48. The van der Waals surface area contributed by atoms with Gasteiger partial charge in [-0.05, 0) is 18.2 Å². The average molecular weight is 245 g/mol. The number of rotatable bonds is 1. The molecule has 1 N–H and O–H groups in total. The summed E-state index contributed by atoms with van der Waals surface area (Å²) in [5.41, 5.74) is 1.29. The first kappa shape index (κ1) is 12.0. The van der Waals surface area contributed by atoms with E-state index in [0.717, 1.165) is 0 Å². The van der Waals surface area contributed by atoms with Crippen molar-refractivity contribution < 1.29 is 19.1 Å². The van der Waals surface area contributed by atoms with Gasteiger partial charge >= 0.3 is 5.97 Å². The van der Waals surface area contributed by atoms with E-state index >= 15 is 0 Å². The maximum atomic E-state index is 11.1. The lowest BCUT2D eigenvalue weighted by molar-refractivity contribution is -0.139. The molecule has 0 saturated heterocycles. The third kappa shape index (κ3) is 2.80. The van der Waals surface area contributed by atoms with Gasteiger partial charge < -0.3 is 14.8 Å². The molecule has 0 bridgehead atoms. The molecule has 2 rings (SSSR count). The molecule has 92 valence electrons. The predicted octanol–water partition coefficient (Wildman–Crippen LogP) is 0.932. The predicted molar refractivity (Wildman–Crippen MR) is 64.1 cm³/mol. The molecular formula is C13H11NO4. The highest BCUT2D eigenvalue weighted by Crippen LogP contribution is 2.27. The van der Waals surface area contributed by atoms with E-state index in [9.17, 15) is 9.59 Å². The first-order chi connectivity index (χ1) is 8.69. The second-order valence-corrected chi connectivity index (χ2v) is 3.60. The molecule has 1 aliphatic heterocycles. The number of hydrogen-bond donors (Lipinski definition) is 1. The first-order valence-electron chi connectivity index (χ1n) is 5.31. The number of amides is 1. The van der Waals surface area contributed by atoms with Crippen LogP contribution in [-0.2, 0) is 14.3 Å². The highest BCUT2D eigenvalue weighted by atomic mass is 16.5. The Bertz CT molecular complexity index is 554. The van der Waals surface area contributed by atoms with E-state index in [2.05, 4.69) is 21.9 Å². The standard InChI is InChI=1S/C13H11NO4/c1-17-13(16)4-2-3-9-5-6-11-10(7-9)14-12(15)8-18-11/h5-7H,4,8H2,1H3,(H,14,15). The molecule has 5 heteroatoms. The SMILES string of the molecule is COC(=O)CC#Cc1ccc2c(c1)NC(=O)CO2. The van der Waals surface area contributed by atoms with Crippen molar-refractivity contribution in [2.24, 2.45) is 0 Å². The van der Waals surface area contributed by atoms with Gasteiger partial charge in [0.1, 0.15) is 12.2 Å². The van der Waals surface area contributed by atoms with Gasteiger partial charge in [-0.25, -0.2) is 0 Å². The van der Waals surface area contributed by atoms with Crippen LogP contribution in [0.3, 0.4) is 0 Å². The topological polar surface area (TPSA) is 64.6 Å². The molecule has 0 spiro atoms. The van der Waals surface area contributed by atoms with Gasteiger partial charge in [0.25, 0.3) is 5.91 Å². The summed E-state index contributed by atoms with van der Waals surface area (Å²) in [4.78, 5) is 22.0. The summed E-state index contributed by atoms with van der Waals surface area (Å²) in [6.07, 6.45) is 0.0381. The number of fused-ring (bicyclic) bond motifs is 1. The summed E-state index contributed by atoms with van der Waals surface area (Å²) in [5.74, 6) is 5.56. The molecule has 0 atom stereocenters. The lowest BCUT2D eigenvalue weighted by atomic mass is 10.1. The zero-order chi connectivity index (χ0) is 13.0. The number of methoxy groups -OCH3 is 1. The van der Waals surface area contributed by atoms with Crippen molar-refractivity contribution >= 4 is 17.6 Å². The van der Waals surface area contributed by atoms with Gasteiger partial charge in [-0.2, -0.15) is 0 Å². The molecule has 1 amide bonds. The Morgan fingerprint density at radius 1 is 1.56 bits per heavy atom. The summed E-state index contributed by atoms with van der Waals surface area (Å²) in [5, 5.41) is 2.69. The monoisotopic (exact) mass is 245 g/mol. The van der Waals surface area contributed by atoms with Crippen LogP contribution in [0.1, 0.15) is 12.0 Å². The number of carbonyl (C=O) groups excluding carboxylic acids is 2. The third-order valence-electron chi connectivity index (χ3n) is 2.31. The summed E-state index contributed by atoms with van der Waals surface area (Å²) in [6, 6.07) is 5.20. The van der Waals surface area contributed by atoms with Crippen molar-refractivity contribution in [1.82, 2.24) is 0 Å². The molecule has 5 nitrogen and oxygen atoms in total. The van der Waals surface area contributed by atoms with E-state index < -0.39 is 0 Å². The van der Waals surface area contributed by atoms with Crippen LogP contribution < -0.4 is 10.1 Å². The zero-order valence-electron chi connectivity index (χ0n) is 9.78. The van der Waals surface area contributed by atoms with Crippen LogP contribution in [0.15, 0.2) is 18.2 Å². The van der Waals surface area contributed by atoms with Crippen LogP contribution in [0.5, 0.6) is 5.75 Å². The molecule has 0 radical (unpaired) electrons. The number of esters is 1. The largest absolute Gasteiger partial charge is 0.482 e. The summed E-state index contributed by atoms with van der Waals surface area (Å²) in [6.45, 7) is 0.0281. The number of nitrogens with one attached hydrogen (secondary N) is 1. The quantitative estimate of drug-likeness (QED) is 0.590. The first-order valence-corrected chi connectivity index (χ1v) is 5.31. The number of anilines is 1. The van der Waals surface area contributed by atoms with Gasteiger partial charge in [0, 0.05) is 5.56 Å². The highest BCUT2D eigenvalue weighted by molar-refractivity contribution is 5.95. The normalized spacial score (nSPS) is 12.4. The van der Waals surface area contributed by atoms with E-state index in [-0.39, 0.29) is 24.9 Å². The van der Waals surface area contributed by atoms with E-state index in [1.165, 1.54) is 7.11 Å². The Kier molecular flexibility index (Phi) is 3.49. The minimum Gasteiger partial charge on any atom is -0.482 e. The van der Waals surface area contributed by atoms with Crippen LogP contribution in [0.2, 0.25) is 0 Å². The molecule has 1 aromatic rings. The van der Waals surface area contributed by atoms with Gasteiger partial charge in [-0.1, -0.05) is 11.8 Å². The minimum absolute atomic E-state index is 0.0281. The third-order valence-corrected chi connectivity index (χ3v) is 2.31. The lowest BCUT2D eigenvalue weighted by Gasteiger charge is -2.17. The molecule has 0 aliphatic carbocycles. The molecule has 0 fully saturated rings. The molecule has 1 heterocycles. The van der Waals surface area contributed by atoms with Crippen molar-refractivity contribution in [3.8, 4) is 17.6 Å². The molecule has 1 aliphatic rings. The fourth-order valence-electron chi connectivity index (χ4n) is 1.45. The van der Waals surface area contributed by atoms with E-state index in [1.807, 2.05) is 0 Å². The Labute approximate surface area is 104 Å². The van der Waals surface area contributed by atoms with Crippen LogP contribution in [0.4, 0.5) is 5.69 Å². The Balaban J connectivity index is 2.13. The molecule has 18 heavy (non-hydrogen) atoms. The van der Waals surface area contributed by atoms with E-state index in [0.29, 0.717) is 17.0 Å². The summed E-state index contributed by atoms with van der Waals surface area (Å²) < 4.78 is 9.69. The smallest absolute Gasteiger partial charge is 0.317 e. The zero-order valence-corrected chi connectivity index (χ0v) is 9.78. The van der Waals surface area contributed by atoms with Gasteiger partial charge in [0.05, 0.1) is 12.8 Å². The second kappa shape index (κ2) is 5.23. The number of hydrogen-bond acceptors (Lipinski definition) is 4. The summed E-state index contributed by atoms with van der Waals surface area (Å²) in [7, 11) is 1.32. The fraction of sp³-hybridized carbons (Fsp3) is 0.231. The van der Waals surface area contributed by atoms with Crippen LogP contribution in [0.25, 0.3) is 0 Å². The maximum absolute atomic E-state index is 11.1. The van der Waals surface area contributed by atoms with Crippen molar-refractivity contribution in [1.29, 1.82) is 0 Å². The molecule has 0 saturated carbocycles. The molecule has 1 aromatic carbocycles. The minimum atomic E-state index is -0.378. The van der Waals surface area contributed by atoms with Crippen molar-refractivity contribution in [2.75, 3.05) is 19.0 Å². The van der Waals surface area contributed by atoms with Gasteiger partial charge in [0.15, 0.2) is 6.61 Å². The fourth-order valence-corrected chi connectivity index (χ4v) is 1.45. The van der Waals surface area contributed by atoms with E-state index in [1.54, 1.807) is 18.2 Å².